The quantitative estimate of drug-likeness (QED) is 0.610. The largest absolute Gasteiger partial charge is 0.462 e. The Labute approximate surface area is 156 Å². The van der Waals surface area contributed by atoms with Crippen molar-refractivity contribution in [1.29, 1.82) is 0 Å². The van der Waals surface area contributed by atoms with Gasteiger partial charge in [0.2, 0.25) is 5.91 Å². The monoisotopic (exact) mass is 375 g/mol. The van der Waals surface area contributed by atoms with E-state index >= 15 is 0 Å². The van der Waals surface area contributed by atoms with Gasteiger partial charge in [-0.1, -0.05) is 0 Å². The molecular formula is C18H21N3O4S. The summed E-state index contributed by atoms with van der Waals surface area (Å²) >= 11 is 1.19. The number of hydrogen-bond acceptors (Lipinski definition) is 6. The van der Waals surface area contributed by atoms with Crippen LogP contribution in [-0.2, 0) is 14.3 Å². The summed E-state index contributed by atoms with van der Waals surface area (Å²) < 4.78 is 4.91. The Morgan fingerprint density at radius 1 is 1.23 bits per heavy atom. The van der Waals surface area contributed by atoms with Gasteiger partial charge >= 0.3 is 5.97 Å². The minimum atomic E-state index is -0.418. The molecule has 2 rings (SSSR count). The number of nitrogens with one attached hydrogen (secondary N) is 1. The van der Waals surface area contributed by atoms with E-state index in [0.717, 1.165) is 0 Å². The number of esters is 1. The van der Waals surface area contributed by atoms with E-state index in [1.807, 2.05) is 13.8 Å². The fourth-order valence-corrected chi connectivity index (χ4v) is 3.32. The molecule has 1 aliphatic heterocycles. The normalized spacial score (nSPS) is 17.0. The summed E-state index contributed by atoms with van der Waals surface area (Å²) in [5.41, 5.74) is 0.925. The minimum Gasteiger partial charge on any atom is -0.462 e. The lowest BCUT2D eigenvalue weighted by Crippen LogP contribution is -2.29. The number of aliphatic imine (C=N–C) groups is 1. The maximum Gasteiger partial charge on any atom is 0.338 e. The van der Waals surface area contributed by atoms with Crippen LogP contribution in [0, 0.1) is 0 Å². The molecule has 1 aromatic rings. The summed E-state index contributed by atoms with van der Waals surface area (Å²) in [5, 5.41) is 3.28. The van der Waals surface area contributed by atoms with Gasteiger partial charge in [0.1, 0.15) is 0 Å². The zero-order valence-corrected chi connectivity index (χ0v) is 15.8. The van der Waals surface area contributed by atoms with Gasteiger partial charge in [-0.05, 0) is 56.8 Å². The van der Waals surface area contributed by atoms with Gasteiger partial charge in [0, 0.05) is 24.9 Å². The van der Waals surface area contributed by atoms with Crippen molar-refractivity contribution in [2.45, 2.75) is 20.8 Å². The number of carbonyl (C=O) groups is 3. The summed E-state index contributed by atoms with van der Waals surface area (Å²) in [6.45, 7) is 6.85. The Hall–Kier alpha value is -2.61. The Bertz CT molecular complexity index is 756. The molecule has 0 bridgehead atoms. The predicted octanol–water partition coefficient (Wildman–Crippen LogP) is 2.66. The number of amidine groups is 1. The third-order valence-electron chi connectivity index (χ3n) is 3.42. The highest BCUT2D eigenvalue weighted by Crippen LogP contribution is 2.30. The number of benzene rings is 1. The summed E-state index contributed by atoms with van der Waals surface area (Å²) in [5.74, 6) is -1.06. The van der Waals surface area contributed by atoms with Gasteiger partial charge in [-0.2, -0.15) is 0 Å². The van der Waals surface area contributed by atoms with E-state index in [1.54, 1.807) is 36.1 Å². The molecule has 138 valence electrons. The number of rotatable bonds is 6. The molecule has 0 unspecified atom stereocenters. The van der Waals surface area contributed by atoms with Crippen LogP contribution < -0.4 is 5.32 Å². The number of nitrogens with zero attached hydrogens (tertiary/aromatic N) is 2. The molecule has 0 aliphatic carbocycles. The van der Waals surface area contributed by atoms with E-state index < -0.39 is 11.9 Å². The topological polar surface area (TPSA) is 88.1 Å². The van der Waals surface area contributed by atoms with Gasteiger partial charge < -0.3 is 10.1 Å². The standard InChI is InChI=1S/C18H21N3O4S/c1-4-19-18-21(5-2)16(23)14(26-18)11-15(22)20-13-9-7-12(8-10-13)17(24)25-6-3/h7-11H,4-6H2,1-3H3,(H,20,22)/b14-11+,19-18?. The van der Waals surface area contributed by atoms with Crippen LogP contribution in [0.3, 0.4) is 0 Å². The smallest absolute Gasteiger partial charge is 0.338 e. The molecule has 26 heavy (non-hydrogen) atoms. The number of anilines is 1. The third-order valence-corrected chi connectivity index (χ3v) is 4.47. The molecule has 0 radical (unpaired) electrons. The maximum absolute atomic E-state index is 12.3. The second-order valence-electron chi connectivity index (χ2n) is 5.20. The molecule has 1 saturated heterocycles. The van der Waals surface area contributed by atoms with Crippen molar-refractivity contribution in [3.05, 3.63) is 40.8 Å². The first-order valence-electron chi connectivity index (χ1n) is 8.34. The van der Waals surface area contributed by atoms with Crippen LogP contribution in [0.15, 0.2) is 40.2 Å². The number of hydrogen-bond donors (Lipinski definition) is 1. The fourth-order valence-electron chi connectivity index (χ4n) is 2.24. The van der Waals surface area contributed by atoms with Crippen LogP contribution >= 0.6 is 11.8 Å². The molecule has 8 heteroatoms. The van der Waals surface area contributed by atoms with Gasteiger partial charge in [0.15, 0.2) is 5.17 Å². The molecule has 1 aliphatic rings. The van der Waals surface area contributed by atoms with E-state index in [-0.39, 0.29) is 5.91 Å². The molecule has 2 amide bonds. The lowest BCUT2D eigenvalue weighted by atomic mass is 10.2. The molecule has 1 heterocycles. The highest BCUT2D eigenvalue weighted by Gasteiger charge is 2.32. The van der Waals surface area contributed by atoms with Crippen molar-refractivity contribution in [2.75, 3.05) is 25.0 Å². The second kappa shape index (κ2) is 9.19. The SMILES string of the molecule is CCN=C1S/C(=C/C(=O)Nc2ccc(C(=O)OCC)cc2)C(=O)N1CC. The van der Waals surface area contributed by atoms with Crippen LogP contribution in [-0.4, -0.2) is 47.5 Å². The zero-order chi connectivity index (χ0) is 19.1. The maximum atomic E-state index is 12.3. The number of amides is 2. The Morgan fingerprint density at radius 2 is 1.92 bits per heavy atom. The molecule has 0 spiro atoms. The number of thioether (sulfide) groups is 1. The molecule has 1 N–H and O–H groups in total. The van der Waals surface area contributed by atoms with Crippen LogP contribution in [0.1, 0.15) is 31.1 Å². The van der Waals surface area contributed by atoms with Crippen LogP contribution in [0.5, 0.6) is 0 Å². The average molecular weight is 375 g/mol. The Kier molecular flexibility index (Phi) is 6.97. The van der Waals surface area contributed by atoms with Crippen molar-refractivity contribution in [2.24, 2.45) is 4.99 Å². The van der Waals surface area contributed by atoms with Gasteiger partial charge in [0.25, 0.3) is 5.91 Å². The number of carbonyl (C=O) groups excluding carboxylic acids is 3. The van der Waals surface area contributed by atoms with Gasteiger partial charge in [-0.25, -0.2) is 4.79 Å². The highest BCUT2D eigenvalue weighted by molar-refractivity contribution is 8.18. The predicted molar refractivity (Wildman–Crippen MR) is 102 cm³/mol. The molecular weight excluding hydrogens is 354 g/mol. The lowest BCUT2D eigenvalue weighted by Gasteiger charge is -2.11. The van der Waals surface area contributed by atoms with E-state index in [1.165, 1.54) is 17.8 Å². The summed E-state index contributed by atoms with van der Waals surface area (Å²) in [4.78, 5) is 42.3. The van der Waals surface area contributed by atoms with E-state index in [4.69, 9.17) is 4.74 Å². The van der Waals surface area contributed by atoms with Gasteiger partial charge in [0.05, 0.1) is 17.1 Å². The number of ether oxygens (including phenoxy) is 1. The van der Waals surface area contributed by atoms with Crippen LogP contribution in [0.2, 0.25) is 0 Å². The average Bonchev–Trinajstić information content (AvgIpc) is 2.90. The first-order valence-corrected chi connectivity index (χ1v) is 9.15. The summed E-state index contributed by atoms with van der Waals surface area (Å²) in [7, 11) is 0. The molecule has 0 aromatic heterocycles. The van der Waals surface area contributed by atoms with E-state index in [9.17, 15) is 14.4 Å². The second-order valence-corrected chi connectivity index (χ2v) is 6.21. The van der Waals surface area contributed by atoms with Crippen molar-refractivity contribution < 1.29 is 19.1 Å². The highest BCUT2D eigenvalue weighted by atomic mass is 32.2. The Morgan fingerprint density at radius 3 is 2.50 bits per heavy atom. The van der Waals surface area contributed by atoms with Gasteiger partial charge in [-0.15, -0.1) is 0 Å². The molecule has 0 atom stereocenters. The fraction of sp³-hybridized carbons (Fsp3) is 0.333. The first-order chi connectivity index (χ1) is 12.5. The van der Waals surface area contributed by atoms with E-state index in [0.29, 0.717) is 41.0 Å². The summed E-state index contributed by atoms with van der Waals surface area (Å²) in [6, 6.07) is 6.35. The summed E-state index contributed by atoms with van der Waals surface area (Å²) in [6.07, 6.45) is 1.27. The van der Waals surface area contributed by atoms with Crippen molar-refractivity contribution >= 4 is 40.4 Å². The molecule has 0 saturated carbocycles. The first kappa shape index (κ1) is 19.7. The number of likely N-dealkylation sites (N-methyl/N-ethyl adjacent to an activating group) is 1. The van der Waals surface area contributed by atoms with Gasteiger partial charge in [-0.3, -0.25) is 19.5 Å². The lowest BCUT2D eigenvalue weighted by molar-refractivity contribution is -0.122. The van der Waals surface area contributed by atoms with Crippen molar-refractivity contribution in [3.8, 4) is 0 Å². The Balaban J connectivity index is 2.06. The third kappa shape index (κ3) is 4.72. The zero-order valence-electron chi connectivity index (χ0n) is 14.9. The van der Waals surface area contributed by atoms with Crippen molar-refractivity contribution in [1.82, 2.24) is 4.90 Å². The van der Waals surface area contributed by atoms with E-state index in [2.05, 4.69) is 10.3 Å². The van der Waals surface area contributed by atoms with Crippen LogP contribution in [0.25, 0.3) is 0 Å². The molecule has 1 aromatic carbocycles. The molecule has 7 nitrogen and oxygen atoms in total. The van der Waals surface area contributed by atoms with Crippen molar-refractivity contribution in [3.63, 3.8) is 0 Å². The van der Waals surface area contributed by atoms with Crippen LogP contribution in [0.4, 0.5) is 5.69 Å². The minimum absolute atomic E-state index is 0.225. The molecule has 1 fully saturated rings.